The molecule has 0 spiro atoms. The number of carbonyl (C=O) groups excluding carboxylic acids is 2. The molecule has 26 heavy (non-hydrogen) atoms. The van der Waals surface area contributed by atoms with E-state index in [-0.39, 0.29) is 24.0 Å². The van der Waals surface area contributed by atoms with Crippen molar-refractivity contribution in [3.63, 3.8) is 0 Å². The predicted octanol–water partition coefficient (Wildman–Crippen LogP) is 1.75. The van der Waals surface area contributed by atoms with E-state index in [9.17, 15) is 9.59 Å². The Bertz CT molecular complexity index is 1030. The number of ether oxygens (including phenoxy) is 2. The molecule has 2 aromatic heterocycles. The monoisotopic (exact) mass is 374 g/mol. The van der Waals surface area contributed by atoms with Crippen LogP contribution in [0.3, 0.4) is 0 Å². The van der Waals surface area contributed by atoms with E-state index in [1.807, 2.05) is 24.3 Å². The molecular weight excluding hydrogens is 356 g/mol. The summed E-state index contributed by atoms with van der Waals surface area (Å²) in [5.41, 5.74) is 1.07. The number of esters is 1. The van der Waals surface area contributed by atoms with Gasteiger partial charge >= 0.3 is 5.97 Å². The molecular formula is C17H18N4O4S. The lowest BCUT2D eigenvalue weighted by atomic mass is 10.3. The van der Waals surface area contributed by atoms with Crippen LogP contribution in [0, 0.1) is 0 Å². The second-order valence-corrected chi connectivity index (χ2v) is 6.40. The third kappa shape index (κ3) is 3.52. The molecule has 0 unspecified atom stereocenters. The van der Waals surface area contributed by atoms with E-state index in [1.54, 1.807) is 24.7 Å². The fourth-order valence-corrected chi connectivity index (χ4v) is 3.54. The molecule has 0 radical (unpaired) electrons. The molecule has 8 nitrogen and oxygen atoms in total. The maximum absolute atomic E-state index is 12.6. The molecule has 1 amide bonds. The van der Waals surface area contributed by atoms with Gasteiger partial charge in [0.15, 0.2) is 4.80 Å². The Balaban J connectivity index is 2.09. The normalized spacial score (nSPS) is 11.7. The molecule has 9 heteroatoms. The Hall–Kier alpha value is -2.94. The first-order valence-electron chi connectivity index (χ1n) is 7.94. The van der Waals surface area contributed by atoms with Gasteiger partial charge in [-0.15, -0.1) is 5.10 Å². The van der Waals surface area contributed by atoms with Crippen LogP contribution < -0.4 is 9.54 Å². The zero-order valence-electron chi connectivity index (χ0n) is 14.6. The van der Waals surface area contributed by atoms with Crippen LogP contribution in [0.25, 0.3) is 10.2 Å². The number of benzene rings is 1. The first-order chi connectivity index (χ1) is 12.5. The topological polar surface area (TPSA) is 87.7 Å². The van der Waals surface area contributed by atoms with Gasteiger partial charge in [0, 0.05) is 13.2 Å². The molecule has 0 aliphatic heterocycles. The van der Waals surface area contributed by atoms with E-state index >= 15 is 0 Å². The molecule has 0 saturated heterocycles. The maximum atomic E-state index is 12.6. The number of aromatic nitrogens is 3. The van der Waals surface area contributed by atoms with Crippen molar-refractivity contribution in [2.24, 2.45) is 12.0 Å². The summed E-state index contributed by atoms with van der Waals surface area (Å²) in [6.07, 6.45) is 1.55. The van der Waals surface area contributed by atoms with Crippen molar-refractivity contribution in [3.8, 4) is 5.88 Å². The fraction of sp³-hybridized carbons (Fsp3) is 0.294. The number of rotatable bonds is 5. The predicted molar refractivity (Wildman–Crippen MR) is 96.1 cm³/mol. The summed E-state index contributed by atoms with van der Waals surface area (Å²) >= 11 is 1.33. The quantitative estimate of drug-likeness (QED) is 0.635. The number of fused-ring (bicyclic) bond motifs is 1. The number of hydrogen-bond donors (Lipinski definition) is 0. The van der Waals surface area contributed by atoms with Crippen molar-refractivity contribution in [1.29, 1.82) is 0 Å². The highest BCUT2D eigenvalue weighted by Crippen LogP contribution is 2.18. The number of para-hydroxylation sites is 1. The van der Waals surface area contributed by atoms with E-state index in [1.165, 1.54) is 23.1 Å². The van der Waals surface area contributed by atoms with Crippen molar-refractivity contribution < 1.29 is 19.1 Å². The molecule has 3 rings (SSSR count). The van der Waals surface area contributed by atoms with Crippen molar-refractivity contribution in [2.45, 2.75) is 13.5 Å². The van der Waals surface area contributed by atoms with Gasteiger partial charge < -0.3 is 14.0 Å². The van der Waals surface area contributed by atoms with Crippen molar-refractivity contribution in [2.75, 3.05) is 13.7 Å². The Morgan fingerprint density at radius 1 is 1.31 bits per heavy atom. The summed E-state index contributed by atoms with van der Waals surface area (Å²) in [5.74, 6) is -0.665. The molecule has 1 aromatic carbocycles. The molecule has 0 N–H and O–H groups in total. The zero-order chi connectivity index (χ0) is 18.7. The average molecular weight is 374 g/mol. The molecule has 0 saturated carbocycles. The van der Waals surface area contributed by atoms with Crippen LogP contribution >= 0.6 is 11.3 Å². The molecule has 0 fully saturated rings. The lowest BCUT2D eigenvalue weighted by molar-refractivity contribution is -0.143. The van der Waals surface area contributed by atoms with Crippen LogP contribution in [0.1, 0.15) is 17.3 Å². The maximum Gasteiger partial charge on any atom is 0.326 e. The highest BCUT2D eigenvalue weighted by molar-refractivity contribution is 7.16. The van der Waals surface area contributed by atoms with Crippen LogP contribution in [0.4, 0.5) is 0 Å². The van der Waals surface area contributed by atoms with Crippen LogP contribution in [0.2, 0.25) is 0 Å². The molecule has 0 aliphatic rings. The Morgan fingerprint density at radius 2 is 2.08 bits per heavy atom. The Labute approximate surface area is 153 Å². The fourth-order valence-electron chi connectivity index (χ4n) is 2.51. The largest absolute Gasteiger partial charge is 0.479 e. The number of carbonyl (C=O) groups is 2. The first-order valence-corrected chi connectivity index (χ1v) is 8.75. The number of methoxy groups -OCH3 is 1. The zero-order valence-corrected chi connectivity index (χ0v) is 15.4. The highest BCUT2D eigenvalue weighted by Gasteiger charge is 2.17. The van der Waals surface area contributed by atoms with E-state index in [0.29, 0.717) is 11.4 Å². The minimum atomic E-state index is -0.487. The molecule has 3 aromatic rings. The van der Waals surface area contributed by atoms with Gasteiger partial charge in [0.2, 0.25) is 5.88 Å². The second-order valence-electron chi connectivity index (χ2n) is 5.39. The minimum absolute atomic E-state index is 0.0197. The van der Waals surface area contributed by atoms with Crippen LogP contribution in [0.15, 0.2) is 35.5 Å². The molecule has 136 valence electrons. The van der Waals surface area contributed by atoms with E-state index < -0.39 is 5.91 Å². The van der Waals surface area contributed by atoms with Gasteiger partial charge in [0.1, 0.15) is 12.1 Å². The van der Waals surface area contributed by atoms with E-state index in [2.05, 4.69) is 10.1 Å². The second kappa shape index (κ2) is 7.52. The lowest BCUT2D eigenvalue weighted by Crippen LogP contribution is -2.23. The SMILES string of the molecule is CCOC(=O)Cn1c(=NC(=O)c2cn(C)nc2OC)sc2ccccc21. The number of aryl methyl sites for hydroxylation is 1. The summed E-state index contributed by atoms with van der Waals surface area (Å²) in [7, 11) is 3.14. The van der Waals surface area contributed by atoms with Gasteiger partial charge in [-0.2, -0.15) is 4.99 Å². The Kier molecular flexibility index (Phi) is 5.17. The van der Waals surface area contributed by atoms with Crippen LogP contribution in [-0.2, 0) is 23.1 Å². The van der Waals surface area contributed by atoms with E-state index in [0.717, 1.165) is 10.2 Å². The third-order valence-electron chi connectivity index (χ3n) is 3.60. The summed E-state index contributed by atoms with van der Waals surface area (Å²) in [4.78, 5) is 29.2. The van der Waals surface area contributed by atoms with Crippen molar-refractivity contribution in [3.05, 3.63) is 40.8 Å². The number of nitrogens with zero attached hydrogens (tertiary/aromatic N) is 4. The molecule has 0 bridgehead atoms. The van der Waals surface area contributed by atoms with Gasteiger partial charge in [-0.1, -0.05) is 23.5 Å². The number of amides is 1. The standard InChI is InChI=1S/C17H18N4O4S/c1-4-25-14(22)10-21-12-7-5-6-8-13(12)26-17(21)18-15(23)11-9-20(2)19-16(11)24-3/h5-9H,4,10H2,1-3H3. The summed E-state index contributed by atoms with van der Waals surface area (Å²) in [6.45, 7) is 2.02. The summed E-state index contributed by atoms with van der Waals surface area (Å²) in [6, 6.07) is 7.55. The van der Waals surface area contributed by atoms with Crippen LogP contribution in [-0.4, -0.2) is 39.9 Å². The third-order valence-corrected chi connectivity index (χ3v) is 4.66. The van der Waals surface area contributed by atoms with Gasteiger partial charge in [-0.25, -0.2) is 0 Å². The number of hydrogen-bond acceptors (Lipinski definition) is 6. The highest BCUT2D eigenvalue weighted by atomic mass is 32.1. The summed E-state index contributed by atoms with van der Waals surface area (Å²) in [5, 5.41) is 4.07. The molecule has 0 aliphatic carbocycles. The average Bonchev–Trinajstić information content (AvgIpc) is 3.16. The lowest BCUT2D eigenvalue weighted by Gasteiger charge is -2.04. The van der Waals surface area contributed by atoms with Gasteiger partial charge in [-0.3, -0.25) is 14.3 Å². The van der Waals surface area contributed by atoms with Crippen molar-refractivity contribution in [1.82, 2.24) is 14.3 Å². The summed E-state index contributed by atoms with van der Waals surface area (Å²) < 4.78 is 14.2. The Morgan fingerprint density at radius 3 is 2.81 bits per heavy atom. The first kappa shape index (κ1) is 17.9. The smallest absolute Gasteiger partial charge is 0.326 e. The van der Waals surface area contributed by atoms with Gasteiger partial charge in [0.25, 0.3) is 5.91 Å². The number of thiazole rings is 1. The van der Waals surface area contributed by atoms with Crippen molar-refractivity contribution >= 4 is 33.4 Å². The van der Waals surface area contributed by atoms with Crippen LogP contribution in [0.5, 0.6) is 5.88 Å². The van der Waals surface area contributed by atoms with Gasteiger partial charge in [-0.05, 0) is 19.1 Å². The minimum Gasteiger partial charge on any atom is -0.479 e. The van der Waals surface area contributed by atoms with E-state index in [4.69, 9.17) is 9.47 Å². The van der Waals surface area contributed by atoms with Gasteiger partial charge in [0.05, 0.1) is 23.9 Å². The molecule has 2 heterocycles. The molecule has 0 atom stereocenters.